The highest BCUT2D eigenvalue weighted by Gasteiger charge is 2.04. The third-order valence-electron chi connectivity index (χ3n) is 2.35. The van der Waals surface area contributed by atoms with E-state index in [1.54, 1.807) is 11.3 Å². The summed E-state index contributed by atoms with van der Waals surface area (Å²) in [6, 6.07) is 5.65. The fourth-order valence-electron chi connectivity index (χ4n) is 1.51. The van der Waals surface area contributed by atoms with Gasteiger partial charge in [0.05, 0.1) is 9.48 Å². The number of thiazole rings is 1. The Hall–Kier alpha value is -0.910. The molecule has 0 saturated heterocycles. The molecule has 0 aliphatic carbocycles. The first-order valence-corrected chi connectivity index (χ1v) is 6.86. The van der Waals surface area contributed by atoms with Crippen molar-refractivity contribution in [2.75, 3.05) is 0 Å². The molecule has 0 unspecified atom stereocenters. The number of aromatic hydroxyl groups is 1. The zero-order chi connectivity index (χ0) is 12.3. The summed E-state index contributed by atoms with van der Waals surface area (Å²) in [6.07, 6.45) is 1.88. The van der Waals surface area contributed by atoms with Crippen LogP contribution in [0.5, 0.6) is 5.75 Å². The maximum atomic E-state index is 9.80. The molecule has 90 valence electrons. The topological polar surface area (TPSA) is 45.2 Å². The minimum atomic E-state index is 0.306. The van der Waals surface area contributed by atoms with Gasteiger partial charge in [-0.25, -0.2) is 4.98 Å². The number of hydrogen-bond acceptors (Lipinski definition) is 4. The molecular formula is C12H13BrN2OS. The van der Waals surface area contributed by atoms with Crippen LogP contribution in [-0.4, -0.2) is 10.1 Å². The molecule has 0 amide bonds. The number of halogens is 1. The first-order valence-electron chi connectivity index (χ1n) is 5.25. The average Bonchev–Trinajstić information content (AvgIpc) is 2.70. The molecule has 17 heavy (non-hydrogen) atoms. The van der Waals surface area contributed by atoms with Crippen LogP contribution < -0.4 is 5.32 Å². The lowest BCUT2D eigenvalue weighted by molar-refractivity contribution is 0.461. The number of rotatable bonds is 4. The summed E-state index contributed by atoms with van der Waals surface area (Å²) in [6.45, 7) is 3.41. The third-order valence-corrected chi connectivity index (χ3v) is 3.91. The molecule has 2 N–H and O–H groups in total. The maximum Gasteiger partial charge on any atom is 0.134 e. The van der Waals surface area contributed by atoms with Gasteiger partial charge < -0.3 is 10.4 Å². The predicted molar refractivity (Wildman–Crippen MR) is 73.2 cm³/mol. The Morgan fingerprint density at radius 3 is 2.94 bits per heavy atom. The van der Waals surface area contributed by atoms with Gasteiger partial charge in [-0.15, -0.1) is 11.3 Å². The van der Waals surface area contributed by atoms with Gasteiger partial charge in [0.15, 0.2) is 0 Å². The molecule has 2 rings (SSSR count). The van der Waals surface area contributed by atoms with Gasteiger partial charge in [-0.1, -0.05) is 12.1 Å². The minimum absolute atomic E-state index is 0.306. The first kappa shape index (κ1) is 12.5. The van der Waals surface area contributed by atoms with E-state index in [2.05, 4.69) is 26.2 Å². The molecule has 1 aromatic carbocycles. The van der Waals surface area contributed by atoms with Gasteiger partial charge in [0, 0.05) is 29.7 Å². The molecule has 2 aromatic rings. The Bertz CT molecular complexity index is 513. The van der Waals surface area contributed by atoms with Crippen molar-refractivity contribution in [3.05, 3.63) is 44.3 Å². The lowest BCUT2D eigenvalue weighted by Crippen LogP contribution is -2.11. The lowest BCUT2D eigenvalue weighted by Gasteiger charge is -2.06. The van der Waals surface area contributed by atoms with Crippen LogP contribution >= 0.6 is 27.3 Å². The van der Waals surface area contributed by atoms with Crippen LogP contribution in [0.3, 0.4) is 0 Å². The van der Waals surface area contributed by atoms with Crippen molar-refractivity contribution >= 4 is 27.3 Å². The Morgan fingerprint density at radius 1 is 1.41 bits per heavy atom. The number of nitrogens with zero attached hydrogens (tertiary/aromatic N) is 1. The summed E-state index contributed by atoms with van der Waals surface area (Å²) in [5.74, 6) is 0.306. The second kappa shape index (κ2) is 5.62. The Morgan fingerprint density at radius 2 is 2.24 bits per heavy atom. The van der Waals surface area contributed by atoms with E-state index < -0.39 is 0 Å². The van der Waals surface area contributed by atoms with E-state index in [1.807, 2.05) is 31.3 Å². The number of phenolic OH excluding ortho intramolecular Hbond substituents is 1. The summed E-state index contributed by atoms with van der Waals surface area (Å²) in [5.41, 5.74) is 0.889. The lowest BCUT2D eigenvalue weighted by atomic mass is 10.2. The van der Waals surface area contributed by atoms with Crippen LogP contribution in [0.15, 0.2) is 28.9 Å². The summed E-state index contributed by atoms with van der Waals surface area (Å²) in [4.78, 5) is 5.40. The Balaban J connectivity index is 1.92. The van der Waals surface area contributed by atoms with Gasteiger partial charge in [-0.3, -0.25) is 0 Å². The Kier molecular flexibility index (Phi) is 4.15. The number of para-hydroxylation sites is 1. The molecule has 0 aliphatic rings. The maximum absolute atomic E-state index is 9.80. The number of aromatic nitrogens is 1. The SMILES string of the molecule is Cc1ncc(CNCc2cccc(Br)c2O)s1. The van der Waals surface area contributed by atoms with Gasteiger partial charge >= 0.3 is 0 Å². The van der Waals surface area contributed by atoms with Crippen LogP contribution in [0.2, 0.25) is 0 Å². The fraction of sp³-hybridized carbons (Fsp3) is 0.250. The van der Waals surface area contributed by atoms with E-state index in [9.17, 15) is 5.11 Å². The third kappa shape index (κ3) is 3.28. The monoisotopic (exact) mass is 312 g/mol. The molecular weight excluding hydrogens is 300 g/mol. The molecule has 0 spiro atoms. The van der Waals surface area contributed by atoms with Crippen LogP contribution in [0.1, 0.15) is 15.4 Å². The number of hydrogen-bond donors (Lipinski definition) is 2. The van der Waals surface area contributed by atoms with E-state index in [4.69, 9.17) is 0 Å². The van der Waals surface area contributed by atoms with E-state index in [-0.39, 0.29) is 0 Å². The first-order chi connectivity index (χ1) is 8.16. The quantitative estimate of drug-likeness (QED) is 0.911. The van der Waals surface area contributed by atoms with Crippen molar-refractivity contribution in [2.45, 2.75) is 20.0 Å². The molecule has 0 radical (unpaired) electrons. The normalized spacial score (nSPS) is 10.7. The summed E-state index contributed by atoms with van der Waals surface area (Å²) in [5, 5.41) is 14.2. The fourth-order valence-corrected chi connectivity index (χ4v) is 2.68. The van der Waals surface area contributed by atoms with Crippen molar-refractivity contribution in [3.63, 3.8) is 0 Å². The highest BCUT2D eigenvalue weighted by atomic mass is 79.9. The van der Waals surface area contributed by atoms with E-state index >= 15 is 0 Å². The molecule has 0 aliphatic heterocycles. The number of phenols is 1. The zero-order valence-electron chi connectivity index (χ0n) is 9.40. The average molecular weight is 313 g/mol. The summed E-state index contributed by atoms with van der Waals surface area (Å²) >= 11 is 4.99. The molecule has 1 heterocycles. The molecule has 0 fully saturated rings. The molecule has 0 saturated carbocycles. The van der Waals surface area contributed by atoms with E-state index in [1.165, 1.54) is 4.88 Å². The summed E-state index contributed by atoms with van der Waals surface area (Å²) in [7, 11) is 0. The van der Waals surface area contributed by atoms with Gasteiger partial charge in [0.2, 0.25) is 0 Å². The molecule has 0 atom stereocenters. The molecule has 1 aromatic heterocycles. The van der Waals surface area contributed by atoms with Gasteiger partial charge in [-0.05, 0) is 28.9 Å². The van der Waals surface area contributed by atoms with Gasteiger partial charge in [0.1, 0.15) is 5.75 Å². The van der Waals surface area contributed by atoms with Gasteiger partial charge in [-0.2, -0.15) is 0 Å². The van der Waals surface area contributed by atoms with Gasteiger partial charge in [0.25, 0.3) is 0 Å². The molecule has 3 nitrogen and oxygen atoms in total. The Labute approximate surface area is 113 Å². The standard InChI is InChI=1S/C12H13BrN2OS/c1-8-15-7-10(17-8)6-14-5-9-3-2-4-11(13)12(9)16/h2-4,7,14,16H,5-6H2,1H3. The number of benzene rings is 1. The largest absolute Gasteiger partial charge is 0.506 e. The van der Waals surface area contributed by atoms with Crippen molar-refractivity contribution < 1.29 is 5.11 Å². The van der Waals surface area contributed by atoms with E-state index in [0.717, 1.165) is 21.6 Å². The molecule has 5 heteroatoms. The van der Waals surface area contributed by atoms with Crippen LogP contribution in [0.4, 0.5) is 0 Å². The smallest absolute Gasteiger partial charge is 0.134 e. The van der Waals surface area contributed by atoms with E-state index in [0.29, 0.717) is 12.3 Å². The zero-order valence-corrected chi connectivity index (χ0v) is 11.8. The summed E-state index contributed by atoms with van der Waals surface area (Å²) < 4.78 is 0.727. The second-order valence-electron chi connectivity index (χ2n) is 3.70. The van der Waals surface area contributed by atoms with Crippen molar-refractivity contribution in [3.8, 4) is 5.75 Å². The minimum Gasteiger partial charge on any atom is -0.506 e. The number of nitrogens with one attached hydrogen (secondary N) is 1. The highest BCUT2D eigenvalue weighted by Crippen LogP contribution is 2.27. The van der Waals surface area contributed by atoms with Crippen molar-refractivity contribution in [1.82, 2.24) is 10.3 Å². The van der Waals surface area contributed by atoms with Crippen LogP contribution in [0, 0.1) is 6.92 Å². The highest BCUT2D eigenvalue weighted by molar-refractivity contribution is 9.10. The van der Waals surface area contributed by atoms with Crippen LogP contribution in [0.25, 0.3) is 0 Å². The number of aryl methyl sites for hydroxylation is 1. The second-order valence-corrected chi connectivity index (χ2v) is 5.87. The van der Waals surface area contributed by atoms with Crippen LogP contribution in [-0.2, 0) is 13.1 Å². The predicted octanol–water partition coefficient (Wildman–Crippen LogP) is 3.21. The van der Waals surface area contributed by atoms with Crippen molar-refractivity contribution in [2.24, 2.45) is 0 Å². The van der Waals surface area contributed by atoms with Crippen molar-refractivity contribution in [1.29, 1.82) is 0 Å². The molecule has 0 bridgehead atoms.